The van der Waals surface area contributed by atoms with Crippen molar-refractivity contribution in [1.82, 2.24) is 5.32 Å². The molecule has 7 heteroatoms. The van der Waals surface area contributed by atoms with Gasteiger partial charge in [-0.25, -0.2) is 0 Å². The molecule has 0 bridgehead atoms. The number of hydrogen-bond donors (Lipinski definition) is 2. The lowest BCUT2D eigenvalue weighted by Crippen LogP contribution is -2.32. The van der Waals surface area contributed by atoms with Crippen molar-refractivity contribution < 1.29 is 18.7 Å². The van der Waals surface area contributed by atoms with Crippen LogP contribution in [0.4, 0.5) is 5.69 Å². The minimum absolute atomic E-state index is 0.0350. The third-order valence-corrected chi connectivity index (χ3v) is 3.93. The number of hydrogen-bond acceptors (Lipinski definition) is 4. The molecule has 2 heterocycles. The highest BCUT2D eigenvalue weighted by Gasteiger charge is 2.27. The zero-order valence-electron chi connectivity index (χ0n) is 13.1. The summed E-state index contributed by atoms with van der Waals surface area (Å²) >= 11 is 5.92. The predicted molar refractivity (Wildman–Crippen MR) is 89.0 cm³/mol. The Bertz CT molecular complexity index is 772. The quantitative estimate of drug-likeness (QED) is 0.890. The first-order chi connectivity index (χ1) is 11.5. The van der Waals surface area contributed by atoms with Crippen LogP contribution in [0.25, 0.3) is 0 Å². The van der Waals surface area contributed by atoms with Crippen LogP contribution in [0.3, 0.4) is 0 Å². The minimum Gasteiger partial charge on any atom is -0.491 e. The number of anilines is 1. The van der Waals surface area contributed by atoms with Crippen molar-refractivity contribution in [2.75, 3.05) is 11.9 Å². The number of furan rings is 1. The number of carbonyl (C=O) groups excluding carboxylic acids is 2. The maximum absolute atomic E-state index is 12.3. The SMILES string of the molecule is Cc1ccc(CNC(=O)CC2COc3ccc(Cl)cc3NC2=O)o1. The van der Waals surface area contributed by atoms with E-state index in [1.165, 1.54) is 0 Å². The van der Waals surface area contributed by atoms with Gasteiger partial charge in [-0.1, -0.05) is 11.6 Å². The molecule has 0 saturated carbocycles. The average molecular weight is 349 g/mol. The van der Waals surface area contributed by atoms with E-state index in [1.807, 2.05) is 13.0 Å². The lowest BCUT2D eigenvalue weighted by atomic mass is 10.1. The zero-order valence-corrected chi connectivity index (χ0v) is 13.9. The van der Waals surface area contributed by atoms with E-state index in [0.717, 1.165) is 5.76 Å². The summed E-state index contributed by atoms with van der Waals surface area (Å²) < 4.78 is 11.0. The number of halogens is 1. The van der Waals surface area contributed by atoms with Crippen molar-refractivity contribution in [2.24, 2.45) is 5.92 Å². The second-order valence-corrected chi connectivity index (χ2v) is 6.07. The highest BCUT2D eigenvalue weighted by atomic mass is 35.5. The molecule has 0 saturated heterocycles. The summed E-state index contributed by atoms with van der Waals surface area (Å²) in [6.07, 6.45) is 0.0350. The van der Waals surface area contributed by atoms with Crippen LogP contribution in [-0.2, 0) is 16.1 Å². The van der Waals surface area contributed by atoms with Gasteiger partial charge in [0.15, 0.2) is 0 Å². The molecule has 24 heavy (non-hydrogen) atoms. The fourth-order valence-corrected chi connectivity index (χ4v) is 2.61. The van der Waals surface area contributed by atoms with Crippen molar-refractivity contribution in [1.29, 1.82) is 0 Å². The monoisotopic (exact) mass is 348 g/mol. The fraction of sp³-hybridized carbons (Fsp3) is 0.294. The molecule has 1 unspecified atom stereocenters. The highest BCUT2D eigenvalue weighted by Crippen LogP contribution is 2.31. The molecule has 2 aromatic rings. The summed E-state index contributed by atoms with van der Waals surface area (Å²) in [6.45, 7) is 2.26. The number of nitrogens with one attached hydrogen (secondary N) is 2. The first-order valence-corrected chi connectivity index (χ1v) is 7.94. The van der Waals surface area contributed by atoms with Crippen molar-refractivity contribution in [3.63, 3.8) is 0 Å². The van der Waals surface area contributed by atoms with Crippen LogP contribution in [-0.4, -0.2) is 18.4 Å². The Balaban J connectivity index is 1.57. The van der Waals surface area contributed by atoms with Crippen molar-refractivity contribution in [3.05, 3.63) is 46.9 Å². The number of fused-ring (bicyclic) bond motifs is 1. The largest absolute Gasteiger partial charge is 0.491 e. The Morgan fingerprint density at radius 2 is 2.21 bits per heavy atom. The Morgan fingerprint density at radius 3 is 2.96 bits per heavy atom. The van der Waals surface area contributed by atoms with E-state index in [4.69, 9.17) is 20.8 Å². The molecule has 0 aliphatic carbocycles. The number of carbonyl (C=O) groups is 2. The van der Waals surface area contributed by atoms with Crippen LogP contribution in [0.5, 0.6) is 5.75 Å². The number of rotatable bonds is 4. The average Bonchev–Trinajstić information content (AvgIpc) is 2.89. The Labute approximate surface area is 144 Å². The lowest BCUT2D eigenvalue weighted by Gasteiger charge is -2.12. The molecule has 1 aromatic carbocycles. The maximum atomic E-state index is 12.3. The summed E-state index contributed by atoms with van der Waals surface area (Å²) in [7, 11) is 0. The molecule has 3 rings (SSSR count). The normalized spacial score (nSPS) is 16.6. The summed E-state index contributed by atoms with van der Waals surface area (Å²) in [5.41, 5.74) is 0.515. The van der Waals surface area contributed by atoms with Gasteiger partial charge >= 0.3 is 0 Å². The van der Waals surface area contributed by atoms with Gasteiger partial charge in [0.2, 0.25) is 11.8 Å². The van der Waals surface area contributed by atoms with E-state index in [2.05, 4.69) is 10.6 Å². The third-order valence-electron chi connectivity index (χ3n) is 3.70. The van der Waals surface area contributed by atoms with Gasteiger partial charge in [0, 0.05) is 11.4 Å². The highest BCUT2D eigenvalue weighted by molar-refractivity contribution is 6.31. The van der Waals surface area contributed by atoms with Gasteiger partial charge in [-0.15, -0.1) is 0 Å². The van der Waals surface area contributed by atoms with Gasteiger partial charge in [-0.3, -0.25) is 9.59 Å². The minimum atomic E-state index is -0.575. The molecule has 1 aliphatic rings. The predicted octanol–water partition coefficient (Wildman–Crippen LogP) is 2.90. The fourth-order valence-electron chi connectivity index (χ4n) is 2.44. The zero-order chi connectivity index (χ0) is 17.1. The van der Waals surface area contributed by atoms with Crippen molar-refractivity contribution >= 4 is 29.1 Å². The van der Waals surface area contributed by atoms with E-state index in [9.17, 15) is 9.59 Å². The second kappa shape index (κ2) is 6.97. The lowest BCUT2D eigenvalue weighted by molar-refractivity contribution is -0.128. The molecular formula is C17H17ClN2O4. The molecule has 1 aliphatic heterocycles. The number of amides is 2. The van der Waals surface area contributed by atoms with E-state index in [0.29, 0.717) is 22.2 Å². The van der Waals surface area contributed by atoms with Gasteiger partial charge in [0.1, 0.15) is 23.9 Å². The van der Waals surface area contributed by atoms with Crippen molar-refractivity contribution in [2.45, 2.75) is 19.9 Å². The van der Waals surface area contributed by atoms with Crippen LogP contribution < -0.4 is 15.4 Å². The second-order valence-electron chi connectivity index (χ2n) is 5.63. The number of benzene rings is 1. The third kappa shape index (κ3) is 3.89. The first kappa shape index (κ1) is 16.4. The van der Waals surface area contributed by atoms with E-state index in [-0.39, 0.29) is 31.4 Å². The van der Waals surface area contributed by atoms with Crippen molar-refractivity contribution in [3.8, 4) is 5.75 Å². The molecule has 6 nitrogen and oxygen atoms in total. The number of ether oxygens (including phenoxy) is 1. The van der Waals surface area contributed by atoms with E-state index < -0.39 is 5.92 Å². The Kier molecular flexibility index (Phi) is 4.76. The smallest absolute Gasteiger partial charge is 0.231 e. The van der Waals surface area contributed by atoms with Gasteiger partial charge < -0.3 is 19.8 Å². The number of aryl methyl sites for hydroxylation is 1. The van der Waals surface area contributed by atoms with Crippen LogP contribution >= 0.6 is 11.6 Å². The van der Waals surface area contributed by atoms with Gasteiger partial charge in [-0.05, 0) is 37.3 Å². The Hall–Kier alpha value is -2.47. The van der Waals surface area contributed by atoms with Gasteiger partial charge in [0.25, 0.3) is 0 Å². The molecule has 0 spiro atoms. The van der Waals surface area contributed by atoms with E-state index in [1.54, 1.807) is 24.3 Å². The first-order valence-electron chi connectivity index (χ1n) is 7.56. The topological polar surface area (TPSA) is 80.6 Å². The molecule has 0 fully saturated rings. The van der Waals surface area contributed by atoms with E-state index >= 15 is 0 Å². The summed E-state index contributed by atoms with van der Waals surface area (Å²) in [6, 6.07) is 8.63. The van der Waals surface area contributed by atoms with Crippen LogP contribution in [0, 0.1) is 12.8 Å². The Morgan fingerprint density at radius 1 is 1.38 bits per heavy atom. The van der Waals surface area contributed by atoms with Crippen LogP contribution in [0.15, 0.2) is 34.7 Å². The van der Waals surface area contributed by atoms with Gasteiger partial charge in [0.05, 0.1) is 18.2 Å². The molecule has 1 atom stereocenters. The van der Waals surface area contributed by atoms with Gasteiger partial charge in [-0.2, -0.15) is 0 Å². The summed E-state index contributed by atoms with van der Waals surface area (Å²) in [5.74, 6) is 0.921. The molecule has 2 amide bonds. The molecule has 2 N–H and O–H groups in total. The molecule has 126 valence electrons. The summed E-state index contributed by atoms with van der Waals surface area (Å²) in [4.78, 5) is 24.3. The van der Waals surface area contributed by atoms with Crippen LogP contribution in [0.2, 0.25) is 5.02 Å². The summed E-state index contributed by atoms with van der Waals surface area (Å²) in [5, 5.41) is 5.99. The standard InChI is InChI=1S/C17H17ClN2O4/c1-10-2-4-13(24-10)8-19-16(21)6-11-9-23-15-5-3-12(18)7-14(15)20-17(11)22/h2-5,7,11H,6,8-9H2,1H3,(H,19,21)(H,20,22). The molecule has 1 aromatic heterocycles. The van der Waals surface area contributed by atoms with Crippen LogP contribution in [0.1, 0.15) is 17.9 Å². The molecule has 0 radical (unpaired) electrons. The molecular weight excluding hydrogens is 332 g/mol. The maximum Gasteiger partial charge on any atom is 0.231 e.